The van der Waals surface area contributed by atoms with Gasteiger partial charge in [0.15, 0.2) is 11.5 Å². The van der Waals surface area contributed by atoms with Crippen molar-refractivity contribution in [2.75, 3.05) is 13.7 Å². The lowest BCUT2D eigenvalue weighted by Gasteiger charge is -2.13. The highest BCUT2D eigenvalue weighted by Crippen LogP contribution is 2.36. The molecule has 0 aliphatic rings. The number of ether oxygens (including phenoxy) is 2. The number of hydrogen-bond donors (Lipinski definition) is 1. The highest BCUT2D eigenvalue weighted by molar-refractivity contribution is 6.32. The van der Waals surface area contributed by atoms with Gasteiger partial charge in [0.1, 0.15) is 5.82 Å². The fourth-order valence-corrected chi connectivity index (χ4v) is 2.40. The van der Waals surface area contributed by atoms with Gasteiger partial charge in [-0.1, -0.05) is 23.7 Å². The maximum atomic E-state index is 12.8. The number of methoxy groups -OCH3 is 1. The predicted octanol–water partition coefficient (Wildman–Crippen LogP) is 1.18. The maximum absolute atomic E-state index is 12.8. The van der Waals surface area contributed by atoms with Crippen molar-refractivity contribution in [1.29, 1.82) is 0 Å². The van der Waals surface area contributed by atoms with Gasteiger partial charge >= 0.3 is 0 Å². The summed E-state index contributed by atoms with van der Waals surface area (Å²) in [4.78, 5) is 0. The summed E-state index contributed by atoms with van der Waals surface area (Å²) in [5, 5.41) is 3.82. The van der Waals surface area contributed by atoms with Gasteiger partial charge in [-0.25, -0.2) is 4.39 Å². The van der Waals surface area contributed by atoms with Crippen LogP contribution < -0.4 is 27.2 Å². The van der Waals surface area contributed by atoms with Gasteiger partial charge in [-0.05, 0) is 42.3 Å². The summed E-state index contributed by atoms with van der Waals surface area (Å²) in [5.74, 6) is 0.952. The lowest BCUT2D eigenvalue weighted by Crippen LogP contribution is -3.00. The van der Waals surface area contributed by atoms with Crippen molar-refractivity contribution in [3.8, 4) is 11.5 Å². The van der Waals surface area contributed by atoms with Crippen molar-refractivity contribution in [1.82, 2.24) is 5.32 Å². The quantitative estimate of drug-likeness (QED) is 0.806. The monoisotopic (exact) mass is 358 g/mol. The average Bonchev–Trinajstić information content (AvgIpc) is 2.51. The van der Waals surface area contributed by atoms with Crippen LogP contribution >= 0.6 is 11.6 Å². The molecule has 2 aromatic rings. The van der Waals surface area contributed by atoms with E-state index in [1.165, 1.54) is 12.1 Å². The van der Waals surface area contributed by atoms with Crippen LogP contribution in [0.2, 0.25) is 5.02 Å². The van der Waals surface area contributed by atoms with E-state index >= 15 is 0 Å². The Bertz CT molecular complexity index is 621. The van der Waals surface area contributed by atoms with Gasteiger partial charge in [0.25, 0.3) is 0 Å². The molecular weight excluding hydrogens is 340 g/mol. The van der Waals surface area contributed by atoms with Crippen LogP contribution in [-0.4, -0.2) is 13.7 Å². The number of halogens is 3. The van der Waals surface area contributed by atoms with Gasteiger partial charge in [-0.15, -0.1) is 0 Å². The van der Waals surface area contributed by atoms with Gasteiger partial charge in [0.2, 0.25) is 0 Å². The van der Waals surface area contributed by atoms with E-state index < -0.39 is 0 Å². The summed E-state index contributed by atoms with van der Waals surface area (Å²) in [5.41, 5.74) is 2.01. The van der Waals surface area contributed by atoms with Gasteiger partial charge < -0.3 is 27.2 Å². The van der Waals surface area contributed by atoms with Crippen LogP contribution in [0.1, 0.15) is 18.1 Å². The molecule has 0 radical (unpaired) electrons. The Hall–Kier alpha value is -1.49. The molecule has 0 saturated heterocycles. The second-order valence-electron chi connectivity index (χ2n) is 4.77. The molecule has 2 rings (SSSR count). The number of benzene rings is 2. The lowest BCUT2D eigenvalue weighted by atomic mass is 10.2. The van der Waals surface area contributed by atoms with E-state index in [4.69, 9.17) is 21.1 Å². The molecule has 3 nitrogen and oxygen atoms in total. The second kappa shape index (κ2) is 9.60. The number of rotatable bonds is 7. The molecule has 126 valence electrons. The van der Waals surface area contributed by atoms with Crippen LogP contribution in [0.5, 0.6) is 11.5 Å². The zero-order chi connectivity index (χ0) is 15.9. The Morgan fingerprint density at radius 1 is 1.09 bits per heavy atom. The molecule has 0 heterocycles. The van der Waals surface area contributed by atoms with Crippen molar-refractivity contribution >= 4 is 11.6 Å². The minimum atomic E-state index is -0.230. The van der Waals surface area contributed by atoms with Crippen LogP contribution in [0.15, 0.2) is 36.4 Å². The van der Waals surface area contributed by atoms with Crippen LogP contribution in [0, 0.1) is 5.82 Å². The molecular formula is C17H19Cl2FNO2-. The largest absolute Gasteiger partial charge is 1.00 e. The first kappa shape index (κ1) is 19.6. The molecule has 0 spiro atoms. The minimum Gasteiger partial charge on any atom is -1.00 e. The third-order valence-electron chi connectivity index (χ3n) is 3.15. The van der Waals surface area contributed by atoms with Gasteiger partial charge in [-0.3, -0.25) is 0 Å². The van der Waals surface area contributed by atoms with E-state index in [1.54, 1.807) is 19.2 Å². The Balaban J connectivity index is 0.00000264. The summed E-state index contributed by atoms with van der Waals surface area (Å²) < 4.78 is 23.6. The molecule has 23 heavy (non-hydrogen) atoms. The van der Waals surface area contributed by atoms with Crippen molar-refractivity contribution in [3.05, 3.63) is 58.4 Å². The molecule has 0 amide bonds. The molecule has 0 unspecified atom stereocenters. The Morgan fingerprint density at radius 2 is 1.74 bits per heavy atom. The Morgan fingerprint density at radius 3 is 2.35 bits per heavy atom. The van der Waals surface area contributed by atoms with Crippen molar-refractivity contribution in [3.63, 3.8) is 0 Å². The third kappa shape index (κ3) is 5.57. The first-order valence-electron chi connectivity index (χ1n) is 7.08. The Labute approximate surface area is 147 Å². The van der Waals surface area contributed by atoms with Crippen molar-refractivity contribution < 1.29 is 26.3 Å². The predicted molar refractivity (Wildman–Crippen MR) is 86.1 cm³/mol. The fraction of sp³-hybridized carbons (Fsp3) is 0.294. The summed E-state index contributed by atoms with van der Waals surface area (Å²) in [7, 11) is 1.59. The molecule has 0 aliphatic carbocycles. The molecule has 0 aromatic heterocycles. The van der Waals surface area contributed by atoms with Gasteiger partial charge in [0, 0.05) is 13.1 Å². The molecule has 1 N–H and O–H groups in total. The smallest absolute Gasteiger partial charge is 0.179 e. The van der Waals surface area contributed by atoms with Crippen molar-refractivity contribution in [2.45, 2.75) is 20.0 Å². The molecule has 0 fully saturated rings. The molecule has 2 aromatic carbocycles. The topological polar surface area (TPSA) is 30.5 Å². The first-order valence-corrected chi connectivity index (χ1v) is 7.46. The maximum Gasteiger partial charge on any atom is 0.179 e. The highest BCUT2D eigenvalue weighted by Gasteiger charge is 2.11. The SMILES string of the molecule is CCOc1c(Cl)cc(CNCc2ccc(F)cc2)cc1OC.[Cl-]. The van der Waals surface area contributed by atoms with E-state index in [2.05, 4.69) is 5.32 Å². The lowest BCUT2D eigenvalue weighted by molar-refractivity contribution is -0.00000579. The van der Waals surface area contributed by atoms with Crippen molar-refractivity contribution in [2.24, 2.45) is 0 Å². The van der Waals surface area contributed by atoms with E-state index in [9.17, 15) is 4.39 Å². The van der Waals surface area contributed by atoms with E-state index in [-0.39, 0.29) is 18.2 Å². The Kier molecular flexibility index (Phi) is 8.17. The van der Waals surface area contributed by atoms with Gasteiger partial charge in [0.05, 0.1) is 18.7 Å². The zero-order valence-electron chi connectivity index (χ0n) is 13.0. The molecule has 0 saturated carbocycles. The standard InChI is InChI=1S/C17H19ClFNO2.ClH/c1-3-22-17-15(18)8-13(9-16(17)21-2)11-20-10-12-4-6-14(19)7-5-12;/h4-9,20H,3,10-11H2,1-2H3;1H/p-1. The summed E-state index contributed by atoms with van der Waals surface area (Å²) >= 11 is 6.23. The molecule has 0 bridgehead atoms. The second-order valence-corrected chi connectivity index (χ2v) is 5.18. The summed E-state index contributed by atoms with van der Waals surface area (Å²) in [6.07, 6.45) is 0. The van der Waals surface area contributed by atoms with Crippen LogP contribution in [0.4, 0.5) is 4.39 Å². The van der Waals surface area contributed by atoms with Crippen LogP contribution in [0.25, 0.3) is 0 Å². The molecule has 6 heteroatoms. The molecule has 0 aliphatic heterocycles. The minimum absolute atomic E-state index is 0. The summed E-state index contributed by atoms with van der Waals surface area (Å²) in [6.45, 7) is 3.69. The summed E-state index contributed by atoms with van der Waals surface area (Å²) in [6, 6.07) is 10.2. The highest BCUT2D eigenvalue weighted by atomic mass is 35.5. The van der Waals surface area contributed by atoms with Gasteiger partial charge in [-0.2, -0.15) is 0 Å². The number of hydrogen-bond acceptors (Lipinski definition) is 3. The zero-order valence-corrected chi connectivity index (χ0v) is 14.5. The average molecular weight is 359 g/mol. The van der Waals surface area contributed by atoms with E-state index in [0.717, 1.165) is 11.1 Å². The first-order chi connectivity index (χ1) is 10.6. The molecule has 0 atom stereocenters. The normalized spacial score (nSPS) is 10.1. The van der Waals surface area contributed by atoms with Crippen LogP contribution in [-0.2, 0) is 13.1 Å². The fourth-order valence-electron chi connectivity index (χ4n) is 2.11. The number of nitrogens with one attached hydrogen (secondary N) is 1. The van der Waals surface area contributed by atoms with Crippen LogP contribution in [0.3, 0.4) is 0 Å². The third-order valence-corrected chi connectivity index (χ3v) is 3.43. The van der Waals surface area contributed by atoms with E-state index in [0.29, 0.717) is 36.2 Å². The van der Waals surface area contributed by atoms with E-state index in [1.807, 2.05) is 19.1 Å².